The number of hydrogen-bond acceptors (Lipinski definition) is 3. The van der Waals surface area contributed by atoms with Gasteiger partial charge < -0.3 is 4.74 Å². The second-order valence-corrected chi connectivity index (χ2v) is 4.95. The SMILES string of the molecule is O=C(Nc1ccc2ccsc2c1)Oc1ccccc1. The van der Waals surface area contributed by atoms with Crippen molar-refractivity contribution in [2.45, 2.75) is 0 Å². The molecular formula is C15H11NO2S. The molecule has 2 aromatic carbocycles. The van der Waals surface area contributed by atoms with Crippen LogP contribution in [0.5, 0.6) is 5.75 Å². The molecule has 0 radical (unpaired) electrons. The third kappa shape index (κ3) is 2.74. The minimum atomic E-state index is -0.484. The molecule has 3 aromatic rings. The summed E-state index contributed by atoms with van der Waals surface area (Å²) >= 11 is 1.64. The van der Waals surface area contributed by atoms with E-state index in [2.05, 4.69) is 5.32 Å². The van der Waals surface area contributed by atoms with Gasteiger partial charge >= 0.3 is 6.09 Å². The van der Waals surface area contributed by atoms with E-state index in [0.29, 0.717) is 5.75 Å². The molecule has 1 heterocycles. The standard InChI is InChI=1S/C15H11NO2S/c17-15(18-13-4-2-1-3-5-13)16-12-7-6-11-8-9-19-14(11)10-12/h1-10H,(H,16,17). The average molecular weight is 269 g/mol. The molecule has 0 unspecified atom stereocenters. The molecule has 0 saturated carbocycles. The third-order valence-electron chi connectivity index (χ3n) is 2.66. The van der Waals surface area contributed by atoms with Crippen molar-refractivity contribution in [3.63, 3.8) is 0 Å². The van der Waals surface area contributed by atoms with Crippen molar-refractivity contribution in [3.8, 4) is 5.75 Å². The van der Waals surface area contributed by atoms with Gasteiger partial charge in [0.1, 0.15) is 5.75 Å². The fourth-order valence-electron chi connectivity index (χ4n) is 1.77. The summed E-state index contributed by atoms with van der Waals surface area (Å²) in [5.74, 6) is 0.525. The van der Waals surface area contributed by atoms with Gasteiger partial charge in [0.05, 0.1) is 0 Å². The van der Waals surface area contributed by atoms with Crippen LogP contribution in [0, 0.1) is 0 Å². The van der Waals surface area contributed by atoms with Gasteiger partial charge in [-0.1, -0.05) is 24.3 Å². The average Bonchev–Trinajstić information content (AvgIpc) is 2.87. The highest BCUT2D eigenvalue weighted by Gasteiger charge is 2.05. The number of carbonyl (C=O) groups is 1. The summed E-state index contributed by atoms with van der Waals surface area (Å²) in [4.78, 5) is 11.7. The van der Waals surface area contributed by atoms with Crippen molar-refractivity contribution >= 4 is 33.2 Å². The van der Waals surface area contributed by atoms with E-state index in [-0.39, 0.29) is 0 Å². The molecule has 0 aliphatic carbocycles. The van der Waals surface area contributed by atoms with E-state index in [4.69, 9.17) is 4.74 Å². The molecule has 1 amide bonds. The molecule has 4 heteroatoms. The van der Waals surface area contributed by atoms with Crippen LogP contribution in [-0.4, -0.2) is 6.09 Å². The number of amides is 1. The minimum absolute atomic E-state index is 0.484. The quantitative estimate of drug-likeness (QED) is 0.743. The van der Waals surface area contributed by atoms with Gasteiger partial charge in [0.15, 0.2) is 0 Å². The highest BCUT2D eigenvalue weighted by molar-refractivity contribution is 7.17. The Hall–Kier alpha value is -2.33. The number of anilines is 1. The van der Waals surface area contributed by atoms with E-state index in [9.17, 15) is 4.79 Å². The summed E-state index contributed by atoms with van der Waals surface area (Å²) in [7, 11) is 0. The Bertz CT molecular complexity index is 706. The maximum absolute atomic E-state index is 11.7. The lowest BCUT2D eigenvalue weighted by atomic mass is 10.2. The van der Waals surface area contributed by atoms with Crippen LogP contribution in [-0.2, 0) is 0 Å². The second-order valence-electron chi connectivity index (χ2n) is 4.00. The first-order valence-corrected chi connectivity index (χ1v) is 6.70. The number of benzene rings is 2. The zero-order valence-electron chi connectivity index (χ0n) is 10.00. The minimum Gasteiger partial charge on any atom is -0.410 e. The molecule has 0 fully saturated rings. The van der Waals surface area contributed by atoms with E-state index >= 15 is 0 Å². The van der Waals surface area contributed by atoms with Crippen molar-refractivity contribution in [1.29, 1.82) is 0 Å². The molecule has 1 aromatic heterocycles. The zero-order chi connectivity index (χ0) is 13.1. The van der Waals surface area contributed by atoms with Gasteiger partial charge in [-0.3, -0.25) is 5.32 Å². The van der Waals surface area contributed by atoms with Crippen LogP contribution < -0.4 is 10.1 Å². The van der Waals surface area contributed by atoms with Gasteiger partial charge in [0.25, 0.3) is 0 Å². The Morgan fingerprint density at radius 1 is 1.05 bits per heavy atom. The lowest BCUT2D eigenvalue weighted by molar-refractivity contribution is 0.215. The first-order valence-electron chi connectivity index (χ1n) is 5.82. The number of ether oxygens (including phenoxy) is 1. The molecule has 0 aliphatic heterocycles. The Morgan fingerprint density at radius 2 is 1.89 bits per heavy atom. The molecule has 0 saturated heterocycles. The summed E-state index contributed by atoms with van der Waals surface area (Å²) < 4.78 is 6.30. The molecule has 0 atom stereocenters. The number of rotatable bonds is 2. The number of carbonyl (C=O) groups excluding carboxylic acids is 1. The van der Waals surface area contributed by atoms with Crippen LogP contribution in [0.15, 0.2) is 60.0 Å². The van der Waals surface area contributed by atoms with Crippen LogP contribution >= 0.6 is 11.3 Å². The maximum Gasteiger partial charge on any atom is 0.417 e. The topological polar surface area (TPSA) is 38.3 Å². The van der Waals surface area contributed by atoms with E-state index in [1.807, 2.05) is 47.8 Å². The smallest absolute Gasteiger partial charge is 0.410 e. The van der Waals surface area contributed by atoms with Gasteiger partial charge in [0, 0.05) is 10.4 Å². The molecule has 0 bridgehead atoms. The fraction of sp³-hybridized carbons (Fsp3) is 0. The summed E-state index contributed by atoms with van der Waals surface area (Å²) in [6.45, 7) is 0. The van der Waals surface area contributed by atoms with E-state index < -0.39 is 6.09 Å². The molecule has 94 valence electrons. The zero-order valence-corrected chi connectivity index (χ0v) is 10.8. The highest BCUT2D eigenvalue weighted by atomic mass is 32.1. The summed E-state index contributed by atoms with van der Waals surface area (Å²) in [6.07, 6.45) is -0.484. The summed E-state index contributed by atoms with van der Waals surface area (Å²) in [6, 6.07) is 16.8. The van der Waals surface area contributed by atoms with Crippen LogP contribution in [0.3, 0.4) is 0 Å². The van der Waals surface area contributed by atoms with Crippen molar-refractivity contribution in [2.24, 2.45) is 0 Å². The van der Waals surface area contributed by atoms with Gasteiger partial charge in [-0.2, -0.15) is 0 Å². The van der Waals surface area contributed by atoms with E-state index in [1.165, 1.54) is 5.39 Å². The predicted molar refractivity (Wildman–Crippen MR) is 77.9 cm³/mol. The van der Waals surface area contributed by atoms with Crippen LogP contribution in [0.25, 0.3) is 10.1 Å². The molecule has 0 aliphatic rings. The second kappa shape index (κ2) is 5.12. The van der Waals surface area contributed by atoms with Crippen molar-refractivity contribution < 1.29 is 9.53 Å². The molecule has 19 heavy (non-hydrogen) atoms. The number of thiophene rings is 1. The number of fused-ring (bicyclic) bond motifs is 1. The van der Waals surface area contributed by atoms with Crippen LogP contribution in [0.4, 0.5) is 10.5 Å². The van der Waals surface area contributed by atoms with Crippen LogP contribution in [0.2, 0.25) is 0 Å². The van der Waals surface area contributed by atoms with Gasteiger partial charge in [-0.05, 0) is 41.1 Å². The Kier molecular flexibility index (Phi) is 3.16. The maximum atomic E-state index is 11.7. The Morgan fingerprint density at radius 3 is 2.74 bits per heavy atom. The van der Waals surface area contributed by atoms with Gasteiger partial charge in [-0.15, -0.1) is 11.3 Å². The molecule has 3 rings (SSSR count). The first kappa shape index (κ1) is 11.7. The van der Waals surface area contributed by atoms with E-state index in [1.54, 1.807) is 23.5 Å². The van der Waals surface area contributed by atoms with E-state index in [0.717, 1.165) is 10.4 Å². The number of hydrogen-bond donors (Lipinski definition) is 1. The summed E-state index contributed by atoms with van der Waals surface area (Å²) in [5.41, 5.74) is 0.732. The van der Waals surface area contributed by atoms with Gasteiger partial charge in [-0.25, -0.2) is 4.79 Å². The van der Waals surface area contributed by atoms with Gasteiger partial charge in [0.2, 0.25) is 0 Å². The summed E-state index contributed by atoms with van der Waals surface area (Å²) in [5, 5.41) is 5.92. The highest BCUT2D eigenvalue weighted by Crippen LogP contribution is 2.24. The van der Waals surface area contributed by atoms with Crippen LogP contribution in [0.1, 0.15) is 0 Å². The normalized spacial score (nSPS) is 10.3. The third-order valence-corrected chi connectivity index (χ3v) is 3.54. The molecule has 0 spiro atoms. The lowest BCUT2D eigenvalue weighted by Gasteiger charge is -2.06. The first-order chi connectivity index (χ1) is 9.31. The predicted octanol–water partition coefficient (Wildman–Crippen LogP) is 4.51. The Labute approximate surface area is 114 Å². The monoisotopic (exact) mass is 269 g/mol. The number of para-hydroxylation sites is 1. The van der Waals surface area contributed by atoms with Crippen molar-refractivity contribution in [2.75, 3.05) is 5.32 Å². The fourth-order valence-corrected chi connectivity index (χ4v) is 2.60. The molecular weight excluding hydrogens is 258 g/mol. The molecule has 3 nitrogen and oxygen atoms in total. The molecule has 1 N–H and O–H groups in total. The van der Waals surface area contributed by atoms with Crippen molar-refractivity contribution in [3.05, 3.63) is 60.0 Å². The Balaban J connectivity index is 1.72. The largest absolute Gasteiger partial charge is 0.417 e. The lowest BCUT2D eigenvalue weighted by Crippen LogP contribution is -2.16. The van der Waals surface area contributed by atoms with Crippen molar-refractivity contribution in [1.82, 2.24) is 0 Å². The number of nitrogens with one attached hydrogen (secondary N) is 1.